The number of hydrogen-bond donors (Lipinski definition) is 1. The molecule has 2 aromatic rings. The number of guanidine groups is 1. The number of alkyl halides is 2. The van der Waals surface area contributed by atoms with Crippen LogP contribution in [-0.4, -0.2) is 50.6 Å². The summed E-state index contributed by atoms with van der Waals surface area (Å²) < 4.78 is 28.9. The first-order chi connectivity index (χ1) is 13.4. The summed E-state index contributed by atoms with van der Waals surface area (Å²) in [6, 6.07) is 15.1. The Hall–Kier alpha value is -2.67. The van der Waals surface area contributed by atoms with Crippen LogP contribution in [-0.2, 0) is 19.6 Å². The lowest BCUT2D eigenvalue weighted by Gasteiger charge is -2.22. The summed E-state index contributed by atoms with van der Waals surface area (Å²) in [6.45, 7) is -0.657. The minimum absolute atomic E-state index is 0.154. The van der Waals surface area contributed by atoms with E-state index < -0.39 is 6.61 Å². The standard InChI is InChI=1S/C21H28F2N4O/c1-24-21(25-13-17-6-5-7-18(12-17)14-26(2)3)27(4)15-16-8-10-19(11-9-16)28-20(22)23/h5-12,20H,13-15H2,1-4H3,(H,24,25). The predicted octanol–water partition coefficient (Wildman–Crippen LogP) is 3.56. The van der Waals surface area contributed by atoms with Gasteiger partial charge in [0.2, 0.25) is 0 Å². The zero-order valence-corrected chi connectivity index (χ0v) is 16.8. The highest BCUT2D eigenvalue weighted by Gasteiger charge is 2.08. The molecule has 2 aromatic carbocycles. The molecule has 0 bridgehead atoms. The predicted molar refractivity (Wildman–Crippen MR) is 109 cm³/mol. The van der Waals surface area contributed by atoms with E-state index in [1.165, 1.54) is 11.1 Å². The second kappa shape index (κ2) is 10.6. The number of nitrogens with zero attached hydrogens (tertiary/aromatic N) is 3. The van der Waals surface area contributed by atoms with E-state index in [-0.39, 0.29) is 5.75 Å². The van der Waals surface area contributed by atoms with E-state index in [0.29, 0.717) is 13.1 Å². The second-order valence-electron chi connectivity index (χ2n) is 6.84. The first-order valence-corrected chi connectivity index (χ1v) is 9.05. The van der Waals surface area contributed by atoms with Crippen LogP contribution in [0.15, 0.2) is 53.5 Å². The maximum atomic E-state index is 12.2. The van der Waals surface area contributed by atoms with Crippen LogP contribution >= 0.6 is 0 Å². The normalized spacial score (nSPS) is 11.8. The molecule has 0 fully saturated rings. The Balaban J connectivity index is 1.92. The number of ether oxygens (including phenoxy) is 1. The first kappa shape index (κ1) is 21.6. The number of halogens is 2. The van der Waals surface area contributed by atoms with Crippen LogP contribution in [0.25, 0.3) is 0 Å². The average molecular weight is 390 g/mol. The zero-order valence-electron chi connectivity index (χ0n) is 16.8. The molecule has 0 aromatic heterocycles. The maximum Gasteiger partial charge on any atom is 0.387 e. The van der Waals surface area contributed by atoms with Gasteiger partial charge in [0.25, 0.3) is 0 Å². The average Bonchev–Trinajstić information content (AvgIpc) is 2.63. The number of benzene rings is 2. The third-order valence-electron chi connectivity index (χ3n) is 4.08. The highest BCUT2D eigenvalue weighted by Crippen LogP contribution is 2.16. The Labute approximate surface area is 165 Å². The Bertz CT molecular complexity index is 763. The molecule has 152 valence electrons. The van der Waals surface area contributed by atoms with Crippen LogP contribution in [0.2, 0.25) is 0 Å². The van der Waals surface area contributed by atoms with Crippen molar-refractivity contribution in [2.75, 3.05) is 28.2 Å². The fraction of sp³-hybridized carbons (Fsp3) is 0.381. The van der Waals surface area contributed by atoms with E-state index in [9.17, 15) is 8.78 Å². The summed E-state index contributed by atoms with van der Waals surface area (Å²) in [5.41, 5.74) is 3.42. The molecule has 0 amide bonds. The van der Waals surface area contributed by atoms with E-state index in [4.69, 9.17) is 0 Å². The van der Waals surface area contributed by atoms with Crippen LogP contribution in [0.4, 0.5) is 8.78 Å². The highest BCUT2D eigenvalue weighted by molar-refractivity contribution is 5.79. The molecule has 0 radical (unpaired) electrons. The van der Waals surface area contributed by atoms with Crippen molar-refractivity contribution in [2.45, 2.75) is 26.2 Å². The monoisotopic (exact) mass is 390 g/mol. The van der Waals surface area contributed by atoms with E-state index in [2.05, 4.69) is 44.2 Å². The molecule has 0 aliphatic rings. The zero-order chi connectivity index (χ0) is 20.5. The Kier molecular flexibility index (Phi) is 8.19. The minimum atomic E-state index is -2.81. The van der Waals surface area contributed by atoms with E-state index in [0.717, 1.165) is 18.1 Å². The summed E-state index contributed by atoms with van der Waals surface area (Å²) in [4.78, 5) is 8.44. The Morgan fingerprint density at radius 1 is 1.00 bits per heavy atom. The smallest absolute Gasteiger partial charge is 0.387 e. The molecule has 1 N–H and O–H groups in total. The molecule has 0 atom stereocenters. The summed E-state index contributed by atoms with van der Waals surface area (Å²) in [6.07, 6.45) is 0. The molecule has 0 saturated heterocycles. The van der Waals surface area contributed by atoms with Gasteiger partial charge in [-0.25, -0.2) is 0 Å². The number of nitrogens with one attached hydrogen (secondary N) is 1. The lowest BCUT2D eigenvalue weighted by molar-refractivity contribution is -0.0498. The summed E-state index contributed by atoms with van der Waals surface area (Å²) in [7, 11) is 7.77. The van der Waals surface area contributed by atoms with Gasteiger partial charge < -0.3 is 19.9 Å². The van der Waals surface area contributed by atoms with Gasteiger partial charge in [-0.3, -0.25) is 4.99 Å². The largest absolute Gasteiger partial charge is 0.435 e. The molecular weight excluding hydrogens is 362 g/mol. The van der Waals surface area contributed by atoms with Crippen molar-refractivity contribution in [1.29, 1.82) is 0 Å². The van der Waals surface area contributed by atoms with Crippen molar-refractivity contribution in [3.63, 3.8) is 0 Å². The first-order valence-electron chi connectivity index (χ1n) is 9.05. The van der Waals surface area contributed by atoms with Gasteiger partial charge in [-0.05, 0) is 42.9 Å². The molecule has 0 spiro atoms. The van der Waals surface area contributed by atoms with Crippen LogP contribution in [0.5, 0.6) is 5.75 Å². The molecular formula is C21H28F2N4O. The molecule has 0 aliphatic carbocycles. The second-order valence-corrected chi connectivity index (χ2v) is 6.84. The summed E-state index contributed by atoms with van der Waals surface area (Å²) >= 11 is 0. The summed E-state index contributed by atoms with van der Waals surface area (Å²) in [5, 5.41) is 3.36. The molecule has 0 unspecified atom stereocenters. The lowest BCUT2D eigenvalue weighted by Crippen LogP contribution is -2.38. The molecule has 0 heterocycles. The molecule has 7 heteroatoms. The molecule has 0 aliphatic heterocycles. The number of hydrogen-bond acceptors (Lipinski definition) is 3. The van der Waals surface area contributed by atoms with E-state index >= 15 is 0 Å². The third-order valence-corrected chi connectivity index (χ3v) is 4.08. The van der Waals surface area contributed by atoms with Crippen LogP contribution in [0.1, 0.15) is 16.7 Å². The quantitative estimate of drug-likeness (QED) is 0.553. The van der Waals surface area contributed by atoms with Gasteiger partial charge in [0, 0.05) is 33.7 Å². The maximum absolute atomic E-state index is 12.2. The van der Waals surface area contributed by atoms with Crippen molar-refractivity contribution in [1.82, 2.24) is 15.1 Å². The van der Waals surface area contributed by atoms with Crippen molar-refractivity contribution in [2.24, 2.45) is 4.99 Å². The van der Waals surface area contributed by atoms with Gasteiger partial charge in [0.15, 0.2) is 5.96 Å². The highest BCUT2D eigenvalue weighted by atomic mass is 19.3. The SMILES string of the molecule is CN=C(NCc1cccc(CN(C)C)c1)N(C)Cc1ccc(OC(F)F)cc1. The van der Waals surface area contributed by atoms with Crippen LogP contribution in [0, 0.1) is 0 Å². The Morgan fingerprint density at radius 3 is 2.29 bits per heavy atom. The number of aliphatic imine (C=N–C) groups is 1. The van der Waals surface area contributed by atoms with Gasteiger partial charge in [-0.1, -0.05) is 36.4 Å². The lowest BCUT2D eigenvalue weighted by atomic mass is 10.1. The van der Waals surface area contributed by atoms with E-state index in [1.54, 1.807) is 31.3 Å². The number of rotatable bonds is 8. The Morgan fingerprint density at radius 2 is 1.68 bits per heavy atom. The van der Waals surface area contributed by atoms with Gasteiger partial charge >= 0.3 is 6.61 Å². The molecule has 28 heavy (non-hydrogen) atoms. The molecule has 2 rings (SSSR count). The fourth-order valence-electron chi connectivity index (χ4n) is 2.89. The minimum Gasteiger partial charge on any atom is -0.435 e. The summed E-state index contributed by atoms with van der Waals surface area (Å²) in [5.74, 6) is 0.910. The van der Waals surface area contributed by atoms with Crippen LogP contribution in [0.3, 0.4) is 0 Å². The van der Waals surface area contributed by atoms with E-state index in [1.807, 2.05) is 26.0 Å². The fourth-order valence-corrected chi connectivity index (χ4v) is 2.89. The van der Waals surface area contributed by atoms with Crippen molar-refractivity contribution in [3.8, 4) is 5.75 Å². The van der Waals surface area contributed by atoms with Gasteiger partial charge in [0.05, 0.1) is 0 Å². The van der Waals surface area contributed by atoms with Gasteiger partial charge in [-0.2, -0.15) is 8.78 Å². The molecule has 0 saturated carbocycles. The van der Waals surface area contributed by atoms with Crippen molar-refractivity contribution in [3.05, 3.63) is 65.2 Å². The van der Waals surface area contributed by atoms with Gasteiger partial charge in [0.1, 0.15) is 5.75 Å². The molecule has 5 nitrogen and oxygen atoms in total. The van der Waals surface area contributed by atoms with Crippen molar-refractivity contribution >= 4 is 5.96 Å². The third kappa shape index (κ3) is 7.15. The van der Waals surface area contributed by atoms with Crippen molar-refractivity contribution < 1.29 is 13.5 Å². The topological polar surface area (TPSA) is 40.1 Å². The van der Waals surface area contributed by atoms with Gasteiger partial charge in [-0.15, -0.1) is 0 Å². The van der Waals surface area contributed by atoms with Crippen LogP contribution < -0.4 is 10.1 Å².